The van der Waals surface area contributed by atoms with E-state index in [1.807, 2.05) is 18.9 Å². The van der Waals surface area contributed by atoms with Crippen LogP contribution < -0.4 is 0 Å². The Kier molecular flexibility index (Phi) is 4.10. The number of hydrogen-bond acceptors (Lipinski definition) is 4. The van der Waals surface area contributed by atoms with Crippen LogP contribution in [0.25, 0.3) is 0 Å². The summed E-state index contributed by atoms with van der Waals surface area (Å²) in [5.74, 6) is 0.535. The first-order valence-electron chi connectivity index (χ1n) is 6.21. The van der Waals surface area contributed by atoms with Crippen LogP contribution in [-0.2, 0) is 11.3 Å². The van der Waals surface area contributed by atoms with E-state index < -0.39 is 0 Å². The van der Waals surface area contributed by atoms with Gasteiger partial charge >= 0.3 is 0 Å². The van der Waals surface area contributed by atoms with Gasteiger partial charge in [-0.1, -0.05) is 23.8 Å². The summed E-state index contributed by atoms with van der Waals surface area (Å²) < 4.78 is 3.90. The quantitative estimate of drug-likeness (QED) is 0.831. The highest BCUT2D eigenvalue weighted by Gasteiger charge is 2.24. The van der Waals surface area contributed by atoms with E-state index in [1.54, 1.807) is 0 Å². The largest absolute Gasteiger partial charge is 0.340 e. The van der Waals surface area contributed by atoms with Crippen LogP contribution in [0.2, 0.25) is 0 Å². The number of hydrogen-bond donors (Lipinski definition) is 0. The van der Waals surface area contributed by atoms with Crippen molar-refractivity contribution in [3.05, 3.63) is 10.6 Å². The van der Waals surface area contributed by atoms with Gasteiger partial charge in [0.1, 0.15) is 0 Å². The molecular formula is C12H19N3OS. The molecular weight excluding hydrogens is 234 g/mol. The average molecular weight is 253 g/mol. The van der Waals surface area contributed by atoms with Crippen molar-refractivity contribution in [2.75, 3.05) is 7.05 Å². The topological polar surface area (TPSA) is 46.1 Å². The van der Waals surface area contributed by atoms with Crippen LogP contribution in [0.15, 0.2) is 0 Å². The maximum absolute atomic E-state index is 12.2. The molecule has 1 heterocycles. The lowest BCUT2D eigenvalue weighted by Crippen LogP contribution is -2.33. The van der Waals surface area contributed by atoms with Crippen molar-refractivity contribution in [1.29, 1.82) is 0 Å². The van der Waals surface area contributed by atoms with Gasteiger partial charge in [-0.15, -0.1) is 5.10 Å². The van der Waals surface area contributed by atoms with Gasteiger partial charge < -0.3 is 4.90 Å². The van der Waals surface area contributed by atoms with Gasteiger partial charge in [-0.25, -0.2) is 0 Å². The molecule has 1 amide bonds. The maximum Gasteiger partial charge on any atom is 0.225 e. The molecule has 0 radical (unpaired) electrons. The van der Waals surface area contributed by atoms with Crippen LogP contribution in [0, 0.1) is 12.8 Å². The Labute approximate surface area is 106 Å². The zero-order valence-electron chi connectivity index (χ0n) is 10.5. The zero-order chi connectivity index (χ0) is 12.3. The molecule has 0 N–H and O–H groups in total. The predicted octanol–water partition coefficient (Wildman–Crippen LogP) is 2.39. The number of carbonyl (C=O) groups is 1. The van der Waals surface area contributed by atoms with E-state index in [4.69, 9.17) is 0 Å². The highest BCUT2D eigenvalue weighted by molar-refractivity contribution is 7.05. The lowest BCUT2D eigenvalue weighted by atomic mass is 9.88. The lowest BCUT2D eigenvalue weighted by molar-refractivity contribution is -0.135. The van der Waals surface area contributed by atoms with Crippen molar-refractivity contribution >= 4 is 17.4 Å². The van der Waals surface area contributed by atoms with Crippen LogP contribution >= 0.6 is 11.5 Å². The second-order valence-corrected chi connectivity index (χ2v) is 5.65. The SMILES string of the molecule is Cc1nnsc1CN(C)C(=O)C1CCCCC1. The fourth-order valence-corrected chi connectivity index (χ4v) is 3.04. The van der Waals surface area contributed by atoms with Gasteiger partial charge in [0, 0.05) is 13.0 Å². The number of amides is 1. The van der Waals surface area contributed by atoms with Crippen LogP contribution in [-0.4, -0.2) is 27.4 Å². The second kappa shape index (κ2) is 5.58. The molecule has 0 bridgehead atoms. The summed E-state index contributed by atoms with van der Waals surface area (Å²) in [6.45, 7) is 2.59. The number of nitrogens with zero attached hydrogens (tertiary/aromatic N) is 3. The Bertz CT molecular complexity index is 385. The zero-order valence-corrected chi connectivity index (χ0v) is 11.3. The van der Waals surface area contributed by atoms with Crippen LogP contribution in [0.1, 0.15) is 42.7 Å². The molecule has 1 saturated carbocycles. The second-order valence-electron chi connectivity index (χ2n) is 4.81. The molecule has 4 nitrogen and oxygen atoms in total. The van der Waals surface area contributed by atoms with Crippen molar-refractivity contribution in [3.63, 3.8) is 0 Å². The van der Waals surface area contributed by atoms with Gasteiger partial charge in [-0.3, -0.25) is 4.79 Å². The Balaban J connectivity index is 1.93. The van der Waals surface area contributed by atoms with Gasteiger partial charge in [-0.2, -0.15) is 0 Å². The van der Waals surface area contributed by atoms with Gasteiger partial charge in [0.15, 0.2) is 0 Å². The minimum absolute atomic E-state index is 0.245. The summed E-state index contributed by atoms with van der Waals surface area (Å²) in [5, 5.41) is 3.97. The number of aryl methyl sites for hydroxylation is 1. The third kappa shape index (κ3) is 3.03. The van der Waals surface area contributed by atoms with E-state index in [0.717, 1.165) is 23.4 Å². The van der Waals surface area contributed by atoms with Gasteiger partial charge in [0.2, 0.25) is 5.91 Å². The molecule has 0 aromatic carbocycles. The monoisotopic (exact) mass is 253 g/mol. The fraction of sp³-hybridized carbons (Fsp3) is 0.750. The minimum atomic E-state index is 0.245. The standard InChI is InChI=1S/C12H19N3OS/c1-9-11(17-14-13-9)8-15(2)12(16)10-6-4-3-5-7-10/h10H,3-8H2,1-2H3. The number of aromatic nitrogens is 2. The third-order valence-electron chi connectivity index (χ3n) is 3.46. The van der Waals surface area contributed by atoms with Gasteiger partial charge in [-0.05, 0) is 31.3 Å². The Morgan fingerprint density at radius 2 is 2.12 bits per heavy atom. The van der Waals surface area contributed by atoms with Crippen LogP contribution in [0.3, 0.4) is 0 Å². The van der Waals surface area contributed by atoms with E-state index in [1.165, 1.54) is 30.8 Å². The predicted molar refractivity (Wildman–Crippen MR) is 67.7 cm³/mol. The Hall–Kier alpha value is -0.970. The summed E-state index contributed by atoms with van der Waals surface area (Å²) in [7, 11) is 1.89. The summed E-state index contributed by atoms with van der Waals surface area (Å²) in [6.07, 6.45) is 5.80. The first-order chi connectivity index (χ1) is 8.18. The molecule has 0 unspecified atom stereocenters. The molecule has 5 heteroatoms. The number of carbonyl (C=O) groups excluding carboxylic acids is 1. The molecule has 0 aliphatic heterocycles. The van der Waals surface area contributed by atoms with E-state index in [9.17, 15) is 4.79 Å². The summed E-state index contributed by atoms with van der Waals surface area (Å²) in [4.78, 5) is 15.2. The first kappa shape index (κ1) is 12.5. The smallest absolute Gasteiger partial charge is 0.225 e. The van der Waals surface area contributed by atoms with Crippen molar-refractivity contribution in [2.24, 2.45) is 5.92 Å². The lowest BCUT2D eigenvalue weighted by Gasteiger charge is -2.26. The highest BCUT2D eigenvalue weighted by atomic mass is 32.1. The van der Waals surface area contributed by atoms with E-state index >= 15 is 0 Å². The van der Waals surface area contributed by atoms with Crippen LogP contribution in [0.5, 0.6) is 0 Å². The molecule has 0 spiro atoms. The molecule has 1 fully saturated rings. The molecule has 1 aliphatic carbocycles. The average Bonchev–Trinajstić information content (AvgIpc) is 2.75. The molecule has 94 valence electrons. The summed E-state index contributed by atoms with van der Waals surface area (Å²) >= 11 is 1.39. The Morgan fingerprint density at radius 1 is 1.41 bits per heavy atom. The molecule has 2 rings (SSSR count). The fourth-order valence-electron chi connectivity index (χ4n) is 2.35. The number of rotatable bonds is 3. The Morgan fingerprint density at radius 3 is 2.71 bits per heavy atom. The third-order valence-corrected chi connectivity index (χ3v) is 4.26. The van der Waals surface area contributed by atoms with E-state index in [2.05, 4.69) is 9.59 Å². The molecule has 17 heavy (non-hydrogen) atoms. The van der Waals surface area contributed by atoms with Crippen molar-refractivity contribution in [1.82, 2.24) is 14.5 Å². The molecule has 0 atom stereocenters. The summed E-state index contributed by atoms with van der Waals surface area (Å²) in [6, 6.07) is 0. The van der Waals surface area contributed by atoms with Gasteiger partial charge in [0.05, 0.1) is 17.1 Å². The minimum Gasteiger partial charge on any atom is -0.340 e. The molecule has 1 aliphatic rings. The first-order valence-corrected chi connectivity index (χ1v) is 6.98. The van der Waals surface area contributed by atoms with E-state index in [0.29, 0.717) is 6.54 Å². The summed E-state index contributed by atoms with van der Waals surface area (Å²) in [5.41, 5.74) is 0.943. The molecule has 1 aromatic heterocycles. The molecule has 1 aromatic rings. The van der Waals surface area contributed by atoms with Crippen LogP contribution in [0.4, 0.5) is 0 Å². The van der Waals surface area contributed by atoms with Crippen molar-refractivity contribution < 1.29 is 4.79 Å². The normalized spacial score (nSPS) is 17.1. The highest BCUT2D eigenvalue weighted by Crippen LogP contribution is 2.25. The van der Waals surface area contributed by atoms with Crippen molar-refractivity contribution in [2.45, 2.75) is 45.6 Å². The van der Waals surface area contributed by atoms with Crippen molar-refractivity contribution in [3.8, 4) is 0 Å². The maximum atomic E-state index is 12.2. The van der Waals surface area contributed by atoms with Gasteiger partial charge in [0.25, 0.3) is 0 Å². The van der Waals surface area contributed by atoms with E-state index in [-0.39, 0.29) is 11.8 Å². The molecule has 0 saturated heterocycles.